The van der Waals surface area contributed by atoms with Gasteiger partial charge in [-0.05, 0) is 25.7 Å². The van der Waals surface area contributed by atoms with Crippen LogP contribution < -0.4 is 0 Å². The average Bonchev–Trinajstić information content (AvgIpc) is 2.87. The van der Waals surface area contributed by atoms with Crippen molar-refractivity contribution in [1.29, 1.82) is 0 Å². The maximum absolute atomic E-state index is 9.28. The number of aryl methyl sites for hydroxylation is 1. The van der Waals surface area contributed by atoms with Crippen molar-refractivity contribution in [2.45, 2.75) is 64.5 Å². The second kappa shape index (κ2) is 7.98. The van der Waals surface area contributed by atoms with Crippen molar-refractivity contribution in [3.63, 3.8) is 0 Å². The standard InChI is InChI=1S/C15H26N2OS/c1-2-6-15-16-13(12-19-15)11-17(9-10-18)14-7-4-3-5-8-14/h12,14,18H,2-11H2,1H3. The van der Waals surface area contributed by atoms with Gasteiger partial charge in [0, 0.05) is 24.5 Å². The Morgan fingerprint density at radius 3 is 2.84 bits per heavy atom. The maximum Gasteiger partial charge on any atom is 0.0928 e. The molecule has 0 spiro atoms. The SMILES string of the molecule is CCCc1nc(CN(CCO)C2CCCCC2)cs1. The molecule has 1 aromatic heterocycles. The van der Waals surface area contributed by atoms with Crippen LogP contribution in [-0.2, 0) is 13.0 Å². The van der Waals surface area contributed by atoms with Gasteiger partial charge in [0.1, 0.15) is 0 Å². The summed E-state index contributed by atoms with van der Waals surface area (Å²) in [5, 5.41) is 12.7. The Morgan fingerprint density at radius 1 is 1.37 bits per heavy atom. The Balaban J connectivity index is 1.94. The number of aromatic nitrogens is 1. The lowest BCUT2D eigenvalue weighted by atomic mass is 9.94. The summed E-state index contributed by atoms with van der Waals surface area (Å²) in [5.74, 6) is 0. The van der Waals surface area contributed by atoms with E-state index in [-0.39, 0.29) is 6.61 Å². The highest BCUT2D eigenvalue weighted by molar-refractivity contribution is 7.09. The molecule has 0 amide bonds. The van der Waals surface area contributed by atoms with Gasteiger partial charge in [0.2, 0.25) is 0 Å². The Hall–Kier alpha value is -0.450. The molecule has 3 nitrogen and oxygen atoms in total. The van der Waals surface area contributed by atoms with E-state index in [9.17, 15) is 5.11 Å². The van der Waals surface area contributed by atoms with Crippen molar-refractivity contribution in [3.05, 3.63) is 16.1 Å². The van der Waals surface area contributed by atoms with Gasteiger partial charge in [-0.15, -0.1) is 11.3 Å². The zero-order valence-electron chi connectivity index (χ0n) is 12.0. The predicted octanol–water partition coefficient (Wildman–Crippen LogP) is 3.22. The smallest absolute Gasteiger partial charge is 0.0928 e. The monoisotopic (exact) mass is 282 g/mol. The molecule has 0 radical (unpaired) electrons. The summed E-state index contributed by atoms with van der Waals surface area (Å²) in [6.07, 6.45) is 8.87. The number of aliphatic hydroxyl groups excluding tert-OH is 1. The van der Waals surface area contributed by atoms with Gasteiger partial charge in [-0.2, -0.15) is 0 Å². The molecule has 0 aromatic carbocycles. The second-order valence-electron chi connectivity index (χ2n) is 5.47. The quantitative estimate of drug-likeness (QED) is 0.834. The lowest BCUT2D eigenvalue weighted by Gasteiger charge is -2.33. The van der Waals surface area contributed by atoms with Crippen LogP contribution in [0.2, 0.25) is 0 Å². The van der Waals surface area contributed by atoms with Crippen LogP contribution >= 0.6 is 11.3 Å². The molecule has 19 heavy (non-hydrogen) atoms. The Labute approximate surface area is 120 Å². The summed E-state index contributed by atoms with van der Waals surface area (Å²) in [5.41, 5.74) is 1.19. The molecule has 0 saturated heterocycles. The highest BCUT2D eigenvalue weighted by Crippen LogP contribution is 2.24. The molecule has 0 atom stereocenters. The highest BCUT2D eigenvalue weighted by atomic mass is 32.1. The van der Waals surface area contributed by atoms with Gasteiger partial charge >= 0.3 is 0 Å². The van der Waals surface area contributed by atoms with Gasteiger partial charge in [-0.3, -0.25) is 4.90 Å². The van der Waals surface area contributed by atoms with Gasteiger partial charge in [0.25, 0.3) is 0 Å². The minimum Gasteiger partial charge on any atom is -0.395 e. The van der Waals surface area contributed by atoms with Crippen LogP contribution in [0.3, 0.4) is 0 Å². The number of aliphatic hydroxyl groups is 1. The first-order valence-corrected chi connectivity index (χ1v) is 8.49. The molecule has 1 heterocycles. The van der Waals surface area contributed by atoms with Crippen molar-refractivity contribution in [1.82, 2.24) is 9.88 Å². The van der Waals surface area contributed by atoms with E-state index in [1.54, 1.807) is 11.3 Å². The van der Waals surface area contributed by atoms with E-state index in [0.717, 1.165) is 25.9 Å². The fourth-order valence-corrected chi connectivity index (χ4v) is 3.81. The third kappa shape index (κ3) is 4.55. The lowest BCUT2D eigenvalue weighted by molar-refractivity contribution is 0.116. The normalized spacial score (nSPS) is 17.2. The first-order chi connectivity index (χ1) is 9.33. The third-order valence-corrected chi connectivity index (χ3v) is 4.86. The first kappa shape index (κ1) is 14.9. The molecule has 0 unspecified atom stereocenters. The van der Waals surface area contributed by atoms with Gasteiger partial charge in [-0.1, -0.05) is 26.2 Å². The Morgan fingerprint density at radius 2 is 2.16 bits per heavy atom. The zero-order valence-corrected chi connectivity index (χ0v) is 12.8. The highest BCUT2D eigenvalue weighted by Gasteiger charge is 2.21. The van der Waals surface area contributed by atoms with Crippen molar-refractivity contribution < 1.29 is 5.11 Å². The van der Waals surface area contributed by atoms with Crippen LogP contribution in [0.15, 0.2) is 5.38 Å². The van der Waals surface area contributed by atoms with Gasteiger partial charge < -0.3 is 5.11 Å². The number of hydrogen-bond donors (Lipinski definition) is 1. The molecule has 1 fully saturated rings. The van der Waals surface area contributed by atoms with E-state index < -0.39 is 0 Å². The van der Waals surface area contributed by atoms with Crippen molar-refractivity contribution in [3.8, 4) is 0 Å². The molecular weight excluding hydrogens is 256 g/mol. The molecule has 1 N–H and O–H groups in total. The second-order valence-corrected chi connectivity index (χ2v) is 6.41. The number of hydrogen-bond acceptors (Lipinski definition) is 4. The summed E-state index contributed by atoms with van der Waals surface area (Å²) in [6, 6.07) is 0.650. The van der Waals surface area contributed by atoms with E-state index in [0.29, 0.717) is 6.04 Å². The Bertz CT molecular complexity index is 361. The molecule has 1 saturated carbocycles. The molecule has 4 heteroatoms. The molecule has 0 aliphatic heterocycles. The molecule has 108 valence electrons. The van der Waals surface area contributed by atoms with Crippen molar-refractivity contribution in [2.24, 2.45) is 0 Å². The molecule has 0 bridgehead atoms. The van der Waals surface area contributed by atoms with Crippen LogP contribution in [-0.4, -0.2) is 34.2 Å². The van der Waals surface area contributed by atoms with Gasteiger partial charge in [0.15, 0.2) is 0 Å². The molecule has 1 aliphatic carbocycles. The molecule has 1 aliphatic rings. The minimum absolute atomic E-state index is 0.252. The van der Waals surface area contributed by atoms with Crippen LogP contribution in [0, 0.1) is 0 Å². The summed E-state index contributed by atoms with van der Waals surface area (Å²) in [6.45, 7) is 4.14. The van der Waals surface area contributed by atoms with Crippen molar-refractivity contribution in [2.75, 3.05) is 13.2 Å². The maximum atomic E-state index is 9.28. The summed E-state index contributed by atoms with van der Waals surface area (Å²) >= 11 is 1.78. The molecule has 1 aromatic rings. The van der Waals surface area contributed by atoms with Crippen LogP contribution in [0.4, 0.5) is 0 Å². The fourth-order valence-electron chi connectivity index (χ4n) is 2.92. The molecule has 2 rings (SSSR count). The third-order valence-electron chi connectivity index (χ3n) is 3.91. The van der Waals surface area contributed by atoms with Gasteiger partial charge in [0.05, 0.1) is 17.3 Å². The van der Waals surface area contributed by atoms with Crippen LogP contribution in [0.5, 0.6) is 0 Å². The van der Waals surface area contributed by atoms with E-state index in [4.69, 9.17) is 4.98 Å². The fraction of sp³-hybridized carbons (Fsp3) is 0.800. The van der Waals surface area contributed by atoms with Gasteiger partial charge in [-0.25, -0.2) is 4.98 Å². The summed E-state index contributed by atoms with van der Waals surface area (Å²) < 4.78 is 0. The molecular formula is C15H26N2OS. The van der Waals surface area contributed by atoms with Crippen LogP contribution in [0.1, 0.15) is 56.2 Å². The summed E-state index contributed by atoms with van der Waals surface area (Å²) in [7, 11) is 0. The lowest BCUT2D eigenvalue weighted by Crippen LogP contribution is -2.38. The van der Waals surface area contributed by atoms with E-state index in [2.05, 4.69) is 17.2 Å². The number of rotatable bonds is 7. The summed E-state index contributed by atoms with van der Waals surface area (Å²) in [4.78, 5) is 7.15. The largest absolute Gasteiger partial charge is 0.395 e. The number of thiazole rings is 1. The predicted molar refractivity (Wildman–Crippen MR) is 80.5 cm³/mol. The first-order valence-electron chi connectivity index (χ1n) is 7.61. The number of nitrogens with zero attached hydrogens (tertiary/aromatic N) is 2. The zero-order chi connectivity index (χ0) is 13.5. The topological polar surface area (TPSA) is 36.4 Å². The van der Waals surface area contributed by atoms with E-state index >= 15 is 0 Å². The minimum atomic E-state index is 0.252. The Kier molecular flexibility index (Phi) is 6.28. The van der Waals surface area contributed by atoms with E-state index in [1.165, 1.54) is 42.8 Å². The van der Waals surface area contributed by atoms with E-state index in [1.807, 2.05) is 0 Å². The van der Waals surface area contributed by atoms with Crippen LogP contribution in [0.25, 0.3) is 0 Å². The average molecular weight is 282 g/mol. The van der Waals surface area contributed by atoms with Crippen molar-refractivity contribution >= 4 is 11.3 Å².